The number of aryl methyl sites for hydroxylation is 1. The second kappa shape index (κ2) is 5.55. The zero-order valence-corrected chi connectivity index (χ0v) is 11.5. The molecule has 3 nitrogen and oxygen atoms in total. The third kappa shape index (κ3) is 2.37. The first-order chi connectivity index (χ1) is 9.79. The molecule has 0 fully saturated rings. The van der Waals surface area contributed by atoms with Crippen molar-refractivity contribution < 1.29 is 14.6 Å². The second-order valence-electron chi connectivity index (χ2n) is 4.86. The summed E-state index contributed by atoms with van der Waals surface area (Å²) in [6, 6.07) is 13.6. The Morgan fingerprint density at radius 2 is 1.80 bits per heavy atom. The summed E-state index contributed by atoms with van der Waals surface area (Å²) in [6.07, 6.45) is 0.264. The molecule has 1 aliphatic rings. The molecule has 1 N–H and O–H groups in total. The van der Waals surface area contributed by atoms with Gasteiger partial charge in [0.25, 0.3) is 0 Å². The molecule has 0 saturated carbocycles. The van der Waals surface area contributed by atoms with Crippen molar-refractivity contribution in [3.63, 3.8) is 0 Å². The van der Waals surface area contributed by atoms with Gasteiger partial charge in [0.05, 0.1) is 0 Å². The van der Waals surface area contributed by atoms with E-state index in [2.05, 4.69) is 13.0 Å². The summed E-state index contributed by atoms with van der Waals surface area (Å²) in [5, 5.41) is 10.6. The quantitative estimate of drug-likeness (QED) is 0.931. The highest BCUT2D eigenvalue weighted by atomic mass is 16.6. The Hall–Kier alpha value is -2.00. The van der Waals surface area contributed by atoms with E-state index in [-0.39, 0.29) is 0 Å². The topological polar surface area (TPSA) is 38.7 Å². The molecule has 2 aromatic carbocycles. The van der Waals surface area contributed by atoms with E-state index in [1.54, 1.807) is 0 Å². The fourth-order valence-electron chi connectivity index (χ4n) is 2.53. The number of benzene rings is 2. The first-order valence-corrected chi connectivity index (χ1v) is 6.95. The minimum Gasteiger partial charge on any atom is -0.486 e. The van der Waals surface area contributed by atoms with Gasteiger partial charge >= 0.3 is 0 Å². The SMILES string of the molecule is CCc1ccccc1C(O)c1ccc2c(c1)OCCO2. The van der Waals surface area contributed by atoms with E-state index in [9.17, 15) is 5.11 Å². The minimum atomic E-state index is -0.637. The fraction of sp³-hybridized carbons (Fsp3) is 0.294. The number of rotatable bonds is 3. The molecular formula is C17H18O3. The average Bonchev–Trinajstić information content (AvgIpc) is 2.53. The summed E-state index contributed by atoms with van der Waals surface area (Å²) in [5.74, 6) is 1.46. The normalized spacial score (nSPS) is 14.9. The zero-order valence-electron chi connectivity index (χ0n) is 11.5. The van der Waals surface area contributed by atoms with Crippen LogP contribution in [0.15, 0.2) is 42.5 Å². The minimum absolute atomic E-state index is 0.554. The molecule has 3 rings (SSSR count). The standard InChI is InChI=1S/C17H18O3/c1-2-12-5-3-4-6-14(12)17(18)13-7-8-15-16(11-13)20-10-9-19-15/h3-8,11,17-18H,2,9-10H2,1H3. The van der Waals surface area contributed by atoms with Gasteiger partial charge in [-0.15, -0.1) is 0 Å². The van der Waals surface area contributed by atoms with E-state index in [0.29, 0.717) is 19.0 Å². The van der Waals surface area contributed by atoms with E-state index in [1.807, 2.05) is 36.4 Å². The van der Waals surface area contributed by atoms with Crippen LogP contribution in [-0.2, 0) is 6.42 Å². The first-order valence-electron chi connectivity index (χ1n) is 6.95. The Morgan fingerprint density at radius 3 is 2.60 bits per heavy atom. The third-order valence-corrected chi connectivity index (χ3v) is 3.61. The van der Waals surface area contributed by atoms with Crippen molar-refractivity contribution in [2.75, 3.05) is 13.2 Å². The number of ether oxygens (including phenoxy) is 2. The molecule has 0 spiro atoms. The Kier molecular flexibility index (Phi) is 3.61. The van der Waals surface area contributed by atoms with Crippen LogP contribution in [-0.4, -0.2) is 18.3 Å². The number of hydrogen-bond acceptors (Lipinski definition) is 3. The zero-order chi connectivity index (χ0) is 13.9. The largest absolute Gasteiger partial charge is 0.486 e. The summed E-state index contributed by atoms with van der Waals surface area (Å²) in [5.41, 5.74) is 2.94. The Bertz CT molecular complexity index is 607. The van der Waals surface area contributed by atoms with Crippen LogP contribution in [0.5, 0.6) is 11.5 Å². The molecule has 0 bridgehead atoms. The van der Waals surface area contributed by atoms with E-state index in [4.69, 9.17) is 9.47 Å². The molecule has 0 amide bonds. The first kappa shape index (κ1) is 13.0. The lowest BCUT2D eigenvalue weighted by atomic mass is 9.95. The summed E-state index contributed by atoms with van der Waals surface area (Å²) < 4.78 is 11.1. The second-order valence-corrected chi connectivity index (χ2v) is 4.86. The van der Waals surface area contributed by atoms with Crippen LogP contribution >= 0.6 is 0 Å². The Labute approximate surface area is 118 Å². The molecule has 104 valence electrons. The van der Waals surface area contributed by atoms with Gasteiger partial charge in [-0.05, 0) is 35.2 Å². The smallest absolute Gasteiger partial charge is 0.161 e. The monoisotopic (exact) mass is 270 g/mol. The van der Waals surface area contributed by atoms with E-state index in [1.165, 1.54) is 0 Å². The van der Waals surface area contributed by atoms with Gasteiger partial charge in [0, 0.05) is 0 Å². The van der Waals surface area contributed by atoms with Crippen molar-refractivity contribution in [2.24, 2.45) is 0 Å². The van der Waals surface area contributed by atoms with Crippen LogP contribution < -0.4 is 9.47 Å². The molecule has 1 aliphatic heterocycles. The predicted octanol–water partition coefficient (Wildman–Crippen LogP) is 3.10. The van der Waals surface area contributed by atoms with Gasteiger partial charge in [-0.2, -0.15) is 0 Å². The van der Waals surface area contributed by atoms with Gasteiger partial charge in [0.15, 0.2) is 11.5 Å². The van der Waals surface area contributed by atoms with Gasteiger partial charge < -0.3 is 14.6 Å². The lowest BCUT2D eigenvalue weighted by Gasteiger charge is -2.21. The van der Waals surface area contributed by atoms with Crippen LogP contribution in [0, 0.1) is 0 Å². The van der Waals surface area contributed by atoms with Crippen LogP contribution in [0.2, 0.25) is 0 Å². The summed E-state index contributed by atoms with van der Waals surface area (Å²) in [6.45, 7) is 3.22. The highest BCUT2D eigenvalue weighted by Gasteiger charge is 2.18. The molecule has 20 heavy (non-hydrogen) atoms. The highest BCUT2D eigenvalue weighted by Crippen LogP contribution is 2.35. The average molecular weight is 270 g/mol. The third-order valence-electron chi connectivity index (χ3n) is 3.61. The molecule has 1 unspecified atom stereocenters. The molecule has 0 saturated heterocycles. The molecule has 3 heteroatoms. The summed E-state index contributed by atoms with van der Waals surface area (Å²) in [4.78, 5) is 0. The summed E-state index contributed by atoms with van der Waals surface area (Å²) in [7, 11) is 0. The van der Waals surface area contributed by atoms with E-state index >= 15 is 0 Å². The Balaban J connectivity index is 1.96. The molecular weight excluding hydrogens is 252 g/mol. The maximum absolute atomic E-state index is 10.6. The molecule has 2 aromatic rings. The van der Waals surface area contributed by atoms with Gasteiger partial charge in [-0.25, -0.2) is 0 Å². The number of aliphatic hydroxyl groups excluding tert-OH is 1. The lowest BCUT2D eigenvalue weighted by Crippen LogP contribution is -2.15. The van der Waals surface area contributed by atoms with Crippen molar-refractivity contribution in [3.05, 3.63) is 59.2 Å². The molecule has 0 aromatic heterocycles. The van der Waals surface area contributed by atoms with Crippen molar-refractivity contribution in [1.82, 2.24) is 0 Å². The van der Waals surface area contributed by atoms with Crippen molar-refractivity contribution >= 4 is 0 Å². The molecule has 1 atom stereocenters. The van der Waals surface area contributed by atoms with E-state index < -0.39 is 6.10 Å². The summed E-state index contributed by atoms with van der Waals surface area (Å²) >= 11 is 0. The van der Waals surface area contributed by atoms with Gasteiger partial charge in [-0.1, -0.05) is 37.3 Å². The maximum atomic E-state index is 10.6. The molecule has 0 aliphatic carbocycles. The van der Waals surface area contributed by atoms with Crippen LogP contribution in [0.25, 0.3) is 0 Å². The molecule has 1 heterocycles. The van der Waals surface area contributed by atoms with Crippen molar-refractivity contribution in [3.8, 4) is 11.5 Å². The van der Waals surface area contributed by atoms with Crippen LogP contribution in [0.1, 0.15) is 29.7 Å². The van der Waals surface area contributed by atoms with E-state index in [0.717, 1.165) is 28.9 Å². The number of hydrogen-bond donors (Lipinski definition) is 1. The predicted molar refractivity (Wildman–Crippen MR) is 77.3 cm³/mol. The van der Waals surface area contributed by atoms with Gasteiger partial charge in [-0.3, -0.25) is 0 Å². The Morgan fingerprint density at radius 1 is 1.05 bits per heavy atom. The van der Waals surface area contributed by atoms with Crippen molar-refractivity contribution in [1.29, 1.82) is 0 Å². The lowest BCUT2D eigenvalue weighted by molar-refractivity contribution is 0.169. The van der Waals surface area contributed by atoms with Gasteiger partial charge in [0.2, 0.25) is 0 Å². The fourth-order valence-corrected chi connectivity index (χ4v) is 2.53. The van der Waals surface area contributed by atoms with Crippen LogP contribution in [0.3, 0.4) is 0 Å². The van der Waals surface area contributed by atoms with Gasteiger partial charge in [0.1, 0.15) is 19.3 Å². The maximum Gasteiger partial charge on any atom is 0.161 e. The number of fused-ring (bicyclic) bond motifs is 1. The molecule has 0 radical (unpaired) electrons. The van der Waals surface area contributed by atoms with Crippen LogP contribution in [0.4, 0.5) is 0 Å². The number of aliphatic hydroxyl groups is 1. The highest BCUT2D eigenvalue weighted by molar-refractivity contribution is 5.46. The van der Waals surface area contributed by atoms with Crippen molar-refractivity contribution in [2.45, 2.75) is 19.4 Å².